The Bertz CT molecular complexity index is 849. The molecule has 2 aromatic rings. The van der Waals surface area contributed by atoms with Crippen LogP contribution in [-0.4, -0.2) is 32.0 Å². The van der Waals surface area contributed by atoms with Crippen LogP contribution in [0.4, 0.5) is 0 Å². The van der Waals surface area contributed by atoms with Gasteiger partial charge in [0.1, 0.15) is 5.70 Å². The molecule has 25 heavy (non-hydrogen) atoms. The molecule has 6 nitrogen and oxygen atoms in total. The maximum Gasteiger partial charge on any atom is 0.276 e. The summed E-state index contributed by atoms with van der Waals surface area (Å²) >= 11 is 5.31. The Balaban J connectivity index is 1.68. The number of rotatable bonds is 5. The SMILES string of the molecule is C[C@H](CN1C(=O)/C(=C/c2ccc(C#N)cc2)NC1=S)Cn1ccnc1. The third-order valence-corrected chi connectivity index (χ3v) is 4.21. The minimum absolute atomic E-state index is 0.133. The molecule has 1 aromatic heterocycles. The lowest BCUT2D eigenvalue weighted by molar-refractivity contribution is -0.122. The summed E-state index contributed by atoms with van der Waals surface area (Å²) in [5, 5.41) is 12.2. The van der Waals surface area contributed by atoms with Crippen molar-refractivity contribution >= 4 is 29.3 Å². The number of carbonyl (C=O) groups excluding carboxylic acids is 1. The van der Waals surface area contributed by atoms with Crippen LogP contribution in [0.5, 0.6) is 0 Å². The smallest absolute Gasteiger partial charge is 0.276 e. The Morgan fingerprint density at radius 2 is 2.12 bits per heavy atom. The van der Waals surface area contributed by atoms with E-state index >= 15 is 0 Å². The molecule has 0 saturated carbocycles. The fourth-order valence-corrected chi connectivity index (χ4v) is 2.95. The molecule has 1 atom stereocenters. The van der Waals surface area contributed by atoms with Crippen LogP contribution in [0.15, 0.2) is 48.7 Å². The van der Waals surface area contributed by atoms with Crippen LogP contribution in [0.2, 0.25) is 0 Å². The molecule has 1 saturated heterocycles. The van der Waals surface area contributed by atoms with Crippen LogP contribution >= 0.6 is 12.2 Å². The van der Waals surface area contributed by atoms with E-state index in [1.165, 1.54) is 0 Å². The number of hydrogen-bond acceptors (Lipinski definition) is 4. The number of aromatic nitrogens is 2. The van der Waals surface area contributed by atoms with Crippen molar-refractivity contribution in [1.29, 1.82) is 5.26 Å². The molecule has 2 heterocycles. The van der Waals surface area contributed by atoms with Crippen molar-refractivity contribution in [3.63, 3.8) is 0 Å². The van der Waals surface area contributed by atoms with Gasteiger partial charge < -0.3 is 9.88 Å². The molecule has 1 aliphatic rings. The fourth-order valence-electron chi connectivity index (χ4n) is 2.68. The lowest BCUT2D eigenvalue weighted by Gasteiger charge is -2.19. The monoisotopic (exact) mass is 351 g/mol. The molecule has 1 aromatic carbocycles. The van der Waals surface area contributed by atoms with Gasteiger partial charge in [0.15, 0.2) is 5.11 Å². The van der Waals surface area contributed by atoms with Crippen LogP contribution in [0.3, 0.4) is 0 Å². The highest BCUT2D eigenvalue weighted by Crippen LogP contribution is 2.17. The zero-order valence-corrected chi connectivity index (χ0v) is 14.5. The van der Waals surface area contributed by atoms with Gasteiger partial charge in [0.25, 0.3) is 5.91 Å². The molecule has 1 fully saturated rings. The lowest BCUT2D eigenvalue weighted by atomic mass is 10.1. The third kappa shape index (κ3) is 3.92. The second-order valence-corrected chi connectivity index (χ2v) is 6.39. The Labute approximate surface area is 151 Å². The van der Waals surface area contributed by atoms with Crippen molar-refractivity contribution in [3.05, 3.63) is 59.8 Å². The largest absolute Gasteiger partial charge is 0.337 e. The minimum atomic E-state index is -0.133. The summed E-state index contributed by atoms with van der Waals surface area (Å²) in [5.41, 5.74) is 1.87. The number of carbonyl (C=O) groups is 1. The Morgan fingerprint density at radius 1 is 1.36 bits per heavy atom. The Morgan fingerprint density at radius 3 is 2.76 bits per heavy atom. The maximum absolute atomic E-state index is 12.6. The fraction of sp³-hybridized carbons (Fsp3) is 0.222. The van der Waals surface area contributed by atoms with Gasteiger partial charge >= 0.3 is 0 Å². The maximum atomic E-state index is 12.6. The van der Waals surface area contributed by atoms with Crippen molar-refractivity contribution in [1.82, 2.24) is 19.8 Å². The zero-order valence-electron chi connectivity index (χ0n) is 13.7. The number of imidazole rings is 1. The number of benzene rings is 1. The van der Waals surface area contributed by atoms with Crippen molar-refractivity contribution in [2.24, 2.45) is 5.92 Å². The Kier molecular flexibility index (Phi) is 4.91. The predicted molar refractivity (Wildman–Crippen MR) is 98.0 cm³/mol. The second-order valence-electron chi connectivity index (χ2n) is 6.00. The van der Waals surface area contributed by atoms with Crippen LogP contribution in [0.25, 0.3) is 6.08 Å². The summed E-state index contributed by atoms with van der Waals surface area (Å²) in [4.78, 5) is 18.2. The summed E-state index contributed by atoms with van der Waals surface area (Å²) in [6, 6.07) is 9.11. The zero-order chi connectivity index (χ0) is 17.8. The number of nitrogens with one attached hydrogen (secondary N) is 1. The second kappa shape index (κ2) is 7.28. The highest BCUT2D eigenvalue weighted by molar-refractivity contribution is 7.80. The van der Waals surface area contributed by atoms with Crippen molar-refractivity contribution < 1.29 is 4.79 Å². The van der Waals surface area contributed by atoms with E-state index in [1.807, 2.05) is 10.8 Å². The number of amides is 1. The van der Waals surface area contributed by atoms with E-state index in [4.69, 9.17) is 17.5 Å². The topological polar surface area (TPSA) is 74.0 Å². The van der Waals surface area contributed by atoms with Gasteiger partial charge in [-0.3, -0.25) is 9.69 Å². The van der Waals surface area contributed by atoms with Gasteiger partial charge in [-0.05, 0) is 41.9 Å². The van der Waals surface area contributed by atoms with Crippen LogP contribution in [0, 0.1) is 17.2 Å². The molecule has 0 unspecified atom stereocenters. The van der Waals surface area contributed by atoms with Gasteiger partial charge in [-0.1, -0.05) is 19.1 Å². The normalized spacial score (nSPS) is 16.8. The van der Waals surface area contributed by atoms with Gasteiger partial charge in [0.2, 0.25) is 0 Å². The van der Waals surface area contributed by atoms with Crippen molar-refractivity contribution in [3.8, 4) is 6.07 Å². The Hall–Kier alpha value is -2.98. The summed E-state index contributed by atoms with van der Waals surface area (Å²) in [5.74, 6) is 0.0963. The van der Waals surface area contributed by atoms with E-state index in [1.54, 1.807) is 47.8 Å². The molecule has 0 bridgehead atoms. The first kappa shape index (κ1) is 16.9. The van der Waals surface area contributed by atoms with Gasteiger partial charge in [0.05, 0.1) is 18.0 Å². The molecule has 3 rings (SSSR count). The van der Waals surface area contributed by atoms with Gasteiger partial charge in [0, 0.05) is 25.5 Å². The van der Waals surface area contributed by atoms with E-state index in [0.717, 1.165) is 12.1 Å². The van der Waals surface area contributed by atoms with E-state index in [9.17, 15) is 4.79 Å². The van der Waals surface area contributed by atoms with Crippen LogP contribution in [0.1, 0.15) is 18.1 Å². The van der Waals surface area contributed by atoms with E-state index in [0.29, 0.717) is 22.9 Å². The number of nitrogens with zero attached hydrogens (tertiary/aromatic N) is 4. The molecule has 126 valence electrons. The molecule has 1 amide bonds. The van der Waals surface area contributed by atoms with Gasteiger partial charge in [-0.2, -0.15) is 5.26 Å². The van der Waals surface area contributed by atoms with Crippen molar-refractivity contribution in [2.45, 2.75) is 13.5 Å². The summed E-state index contributed by atoms with van der Waals surface area (Å²) in [7, 11) is 0. The van der Waals surface area contributed by atoms with Gasteiger partial charge in [-0.25, -0.2) is 4.98 Å². The molecule has 0 aliphatic carbocycles. The highest BCUT2D eigenvalue weighted by Gasteiger charge is 2.31. The predicted octanol–water partition coefficient (Wildman–Crippen LogP) is 2.15. The molecule has 0 spiro atoms. The first-order valence-corrected chi connectivity index (χ1v) is 8.28. The first-order chi connectivity index (χ1) is 12.1. The molecular weight excluding hydrogens is 334 g/mol. The quantitative estimate of drug-likeness (QED) is 0.660. The summed E-state index contributed by atoms with van der Waals surface area (Å²) in [6.07, 6.45) is 7.14. The summed E-state index contributed by atoms with van der Waals surface area (Å²) < 4.78 is 1.98. The highest BCUT2D eigenvalue weighted by atomic mass is 32.1. The summed E-state index contributed by atoms with van der Waals surface area (Å²) in [6.45, 7) is 3.37. The van der Waals surface area contributed by atoms with E-state index in [-0.39, 0.29) is 11.8 Å². The molecular formula is C18H17N5OS. The average molecular weight is 351 g/mol. The third-order valence-electron chi connectivity index (χ3n) is 3.89. The molecule has 1 N–H and O–H groups in total. The number of thiocarbonyl (C=S) groups is 1. The standard InChI is InChI=1S/C18H17N5OS/c1-13(10-22-7-6-20-12-22)11-23-17(24)16(21-18(23)25)8-14-2-4-15(9-19)5-3-14/h2-8,12-13H,10-11H2,1H3,(H,21,25)/b16-8-/t13-/m0/s1. The molecule has 0 radical (unpaired) electrons. The average Bonchev–Trinajstić information content (AvgIpc) is 3.20. The van der Waals surface area contributed by atoms with Crippen LogP contribution < -0.4 is 5.32 Å². The van der Waals surface area contributed by atoms with Gasteiger partial charge in [-0.15, -0.1) is 0 Å². The lowest BCUT2D eigenvalue weighted by Crippen LogP contribution is -2.35. The molecule has 7 heteroatoms. The van der Waals surface area contributed by atoms with E-state index in [2.05, 4.69) is 23.3 Å². The minimum Gasteiger partial charge on any atom is -0.337 e. The number of nitriles is 1. The first-order valence-electron chi connectivity index (χ1n) is 7.87. The number of hydrogen-bond donors (Lipinski definition) is 1. The van der Waals surface area contributed by atoms with Crippen LogP contribution in [-0.2, 0) is 11.3 Å². The van der Waals surface area contributed by atoms with E-state index < -0.39 is 0 Å². The van der Waals surface area contributed by atoms with Crippen molar-refractivity contribution in [2.75, 3.05) is 6.54 Å². The molecule has 1 aliphatic heterocycles.